The van der Waals surface area contributed by atoms with Gasteiger partial charge < -0.3 is 10.2 Å². The largest absolute Gasteiger partial charge is 3.00 e. The van der Waals surface area contributed by atoms with Crippen molar-refractivity contribution >= 4 is 17.4 Å². The molecule has 0 saturated carbocycles. The summed E-state index contributed by atoms with van der Waals surface area (Å²) in [6, 6.07) is 0. The molecule has 0 aliphatic rings. The summed E-state index contributed by atoms with van der Waals surface area (Å²) < 4.78 is 0. The maximum Gasteiger partial charge on any atom is 3.00 e. The van der Waals surface area contributed by atoms with Gasteiger partial charge >= 0.3 is 36.2 Å². The minimum Gasteiger partial charge on any atom is -1.00 e. The summed E-state index contributed by atoms with van der Waals surface area (Å²) in [6.45, 7) is 6.25. The minimum atomic E-state index is 0. The molecule has 0 bridgehead atoms. The predicted octanol–water partition coefficient (Wildman–Crippen LogP) is -1.42. The molecule has 0 heterocycles. The Kier molecular flexibility index (Phi) is 24.8. The van der Waals surface area contributed by atoms with E-state index in [2.05, 4.69) is 20.8 Å². The summed E-state index contributed by atoms with van der Waals surface area (Å²) in [6.07, 6.45) is 0. The second-order valence-electron chi connectivity index (χ2n) is 1.50. The normalized spacial score (nSPS) is 6.00. The SMILES string of the molecule is C[C-](C)C.[Al+3].[H-].[H-].[H-].[Li+]. The van der Waals surface area contributed by atoms with Crippen molar-refractivity contribution in [3.8, 4) is 0 Å². The number of hydrogen-bond donors (Lipinski definition) is 0. The Labute approximate surface area is 67.5 Å². The smallest absolute Gasteiger partial charge is 1.00 e. The third-order valence-corrected chi connectivity index (χ3v) is 0. The first-order chi connectivity index (χ1) is 1.73. The molecule has 0 radical (unpaired) electrons. The van der Waals surface area contributed by atoms with Crippen molar-refractivity contribution in [2.24, 2.45) is 0 Å². The van der Waals surface area contributed by atoms with Crippen molar-refractivity contribution in [2.45, 2.75) is 20.8 Å². The molecule has 0 atom stereocenters. The van der Waals surface area contributed by atoms with E-state index in [1.54, 1.807) is 0 Å². The van der Waals surface area contributed by atoms with Gasteiger partial charge in [0, 0.05) is 0 Å². The maximum atomic E-state index is 2.08. The Morgan fingerprint density at radius 1 is 1.17 bits per heavy atom. The first-order valence-electron chi connectivity index (χ1n) is 1.50. The molecule has 2 heteroatoms. The van der Waals surface area contributed by atoms with Gasteiger partial charge in [0.1, 0.15) is 0 Å². The zero-order valence-electron chi connectivity index (χ0n) is 8.08. The van der Waals surface area contributed by atoms with Crippen LogP contribution in [-0.2, 0) is 0 Å². The van der Waals surface area contributed by atoms with Crippen molar-refractivity contribution in [1.29, 1.82) is 0 Å². The van der Waals surface area contributed by atoms with Crippen LogP contribution >= 0.6 is 0 Å². The Morgan fingerprint density at radius 2 is 1.17 bits per heavy atom. The van der Waals surface area contributed by atoms with Crippen LogP contribution in [-0.4, -0.2) is 17.4 Å². The topological polar surface area (TPSA) is 0 Å². The molecule has 0 spiro atoms. The maximum absolute atomic E-state index is 2.08. The van der Waals surface area contributed by atoms with Crippen molar-refractivity contribution < 1.29 is 23.1 Å². The van der Waals surface area contributed by atoms with Crippen LogP contribution in [0.1, 0.15) is 25.1 Å². The summed E-state index contributed by atoms with van der Waals surface area (Å²) >= 11 is 0. The van der Waals surface area contributed by atoms with Gasteiger partial charge in [0.05, 0.1) is 0 Å². The van der Waals surface area contributed by atoms with Crippen LogP contribution < -0.4 is 18.9 Å². The van der Waals surface area contributed by atoms with E-state index in [9.17, 15) is 0 Å². The van der Waals surface area contributed by atoms with Crippen LogP contribution in [0.4, 0.5) is 0 Å². The van der Waals surface area contributed by atoms with Crippen molar-refractivity contribution in [1.82, 2.24) is 0 Å². The van der Waals surface area contributed by atoms with Crippen LogP contribution in [0.2, 0.25) is 0 Å². The monoisotopic (exact) mass is 94.1 g/mol. The van der Waals surface area contributed by atoms with Gasteiger partial charge in [0.15, 0.2) is 0 Å². The fourth-order valence-corrected chi connectivity index (χ4v) is 0. The average molecular weight is 94.1 g/mol. The summed E-state index contributed by atoms with van der Waals surface area (Å²) in [7, 11) is 0. The van der Waals surface area contributed by atoms with Crippen LogP contribution in [0.3, 0.4) is 0 Å². The van der Waals surface area contributed by atoms with Crippen LogP contribution in [0.5, 0.6) is 0 Å². The van der Waals surface area contributed by atoms with Crippen LogP contribution in [0.25, 0.3) is 0 Å². The van der Waals surface area contributed by atoms with E-state index in [0.29, 0.717) is 0 Å². The second kappa shape index (κ2) is 9.46. The van der Waals surface area contributed by atoms with E-state index in [1.807, 2.05) is 0 Å². The first-order valence-corrected chi connectivity index (χ1v) is 1.50. The van der Waals surface area contributed by atoms with E-state index < -0.39 is 0 Å². The molecule has 0 fully saturated rings. The predicted molar refractivity (Wildman–Crippen MR) is 29.4 cm³/mol. The van der Waals surface area contributed by atoms with Gasteiger partial charge in [0.25, 0.3) is 0 Å². The Hall–Kier alpha value is 1.13. The number of hydrogen-bond acceptors (Lipinski definition) is 0. The quantitative estimate of drug-likeness (QED) is 0.255. The van der Waals surface area contributed by atoms with E-state index >= 15 is 0 Å². The molecular formula is C4H12AlLi. The van der Waals surface area contributed by atoms with E-state index in [1.165, 1.54) is 5.92 Å². The van der Waals surface area contributed by atoms with Crippen molar-refractivity contribution in [2.75, 3.05) is 0 Å². The van der Waals surface area contributed by atoms with E-state index in [0.717, 1.165) is 0 Å². The number of rotatable bonds is 0. The third-order valence-electron chi connectivity index (χ3n) is 0. The molecule has 0 rings (SSSR count). The van der Waals surface area contributed by atoms with Crippen LogP contribution in [0, 0.1) is 5.92 Å². The Bertz CT molecular complexity index is 20.5. The molecule has 0 aliphatic carbocycles. The van der Waals surface area contributed by atoms with E-state index in [-0.39, 0.29) is 40.5 Å². The van der Waals surface area contributed by atoms with Gasteiger partial charge in [-0.1, -0.05) is 0 Å². The van der Waals surface area contributed by atoms with Gasteiger partial charge in [-0.05, 0) is 0 Å². The minimum absolute atomic E-state index is 0. The molecule has 0 amide bonds. The molecule has 0 saturated heterocycles. The zero-order chi connectivity index (χ0) is 3.58. The molecular weight excluding hydrogens is 82.0 g/mol. The van der Waals surface area contributed by atoms with Crippen LogP contribution in [0.15, 0.2) is 0 Å². The Balaban J connectivity index is -0.00000000450. The second-order valence-corrected chi connectivity index (χ2v) is 1.50. The molecule has 0 aliphatic heterocycles. The van der Waals surface area contributed by atoms with Crippen molar-refractivity contribution in [3.05, 3.63) is 5.92 Å². The van der Waals surface area contributed by atoms with Gasteiger partial charge in [-0.2, -0.15) is 20.8 Å². The molecule has 0 aromatic heterocycles. The standard InChI is InChI=1S/C4H9.Al.Li.3H/c1-4(2)3;;;;;/h1-3H3;;;;;/q-1;+3;+1;3*-1. The van der Waals surface area contributed by atoms with Gasteiger partial charge in [0.2, 0.25) is 0 Å². The van der Waals surface area contributed by atoms with Gasteiger partial charge in [-0.3, -0.25) is 0 Å². The first kappa shape index (κ1) is 15.7. The van der Waals surface area contributed by atoms with Gasteiger partial charge in [-0.15, -0.1) is 0 Å². The van der Waals surface area contributed by atoms with Gasteiger partial charge in [-0.25, -0.2) is 0 Å². The summed E-state index contributed by atoms with van der Waals surface area (Å²) in [5.74, 6) is 1.42. The molecule has 0 nitrogen and oxygen atoms in total. The average Bonchev–Trinajstić information content (AvgIpc) is 0.811. The fraction of sp³-hybridized carbons (Fsp3) is 0.750. The molecule has 32 valence electrons. The molecule has 0 unspecified atom stereocenters. The van der Waals surface area contributed by atoms with E-state index in [4.69, 9.17) is 0 Å². The molecule has 0 N–H and O–H groups in total. The summed E-state index contributed by atoms with van der Waals surface area (Å²) in [4.78, 5) is 0. The summed E-state index contributed by atoms with van der Waals surface area (Å²) in [5, 5.41) is 0. The Morgan fingerprint density at radius 3 is 1.17 bits per heavy atom. The van der Waals surface area contributed by atoms with Crippen molar-refractivity contribution in [3.63, 3.8) is 0 Å². The third kappa shape index (κ3) is 68.5. The fourth-order valence-electron chi connectivity index (χ4n) is 0. The zero-order valence-corrected chi connectivity index (χ0v) is 6.23. The molecule has 0 aromatic rings. The summed E-state index contributed by atoms with van der Waals surface area (Å²) in [5.41, 5.74) is 0. The molecule has 0 aromatic carbocycles. The molecule has 6 heavy (non-hydrogen) atoms.